The molecule has 117 valence electrons. The van der Waals surface area contributed by atoms with Crippen LogP contribution >= 0.6 is 0 Å². The van der Waals surface area contributed by atoms with Crippen LogP contribution in [0.3, 0.4) is 0 Å². The van der Waals surface area contributed by atoms with Crippen molar-refractivity contribution in [1.29, 1.82) is 0 Å². The molecule has 2 aromatic rings. The first-order chi connectivity index (χ1) is 10.8. The standard InChI is InChI=1S/C20H15NO.Cu/c22-16-12-10-14(11-13-16)19-17-8-4-5-9-18(17)21-20(19)15-6-2-1-3-7-15;/h1-13,17,22H;/p+1/t17-;/m1./s1. The molecule has 0 unspecified atom stereocenters. The Morgan fingerprint density at radius 3 is 2.30 bits per heavy atom. The van der Waals surface area contributed by atoms with E-state index in [2.05, 4.69) is 53.6 Å². The third kappa shape index (κ3) is 2.81. The molecule has 0 saturated carbocycles. The summed E-state index contributed by atoms with van der Waals surface area (Å²) in [6, 6.07) is 17.8. The molecule has 1 heterocycles. The van der Waals surface area contributed by atoms with Gasteiger partial charge in [0.2, 0.25) is 5.70 Å². The van der Waals surface area contributed by atoms with E-state index in [4.69, 9.17) is 0 Å². The Morgan fingerprint density at radius 2 is 1.57 bits per heavy atom. The normalized spacial score (nSPS) is 18.4. The van der Waals surface area contributed by atoms with Crippen LogP contribution in [0.2, 0.25) is 0 Å². The molecule has 0 amide bonds. The summed E-state index contributed by atoms with van der Waals surface area (Å²) >= 11 is 0. The number of phenolic OH excluding ortho intramolecular Hbond substituents is 1. The van der Waals surface area contributed by atoms with Gasteiger partial charge in [-0.25, -0.2) is 4.99 Å². The zero-order valence-corrected chi connectivity index (χ0v) is 13.3. The van der Waals surface area contributed by atoms with Gasteiger partial charge in [0.25, 0.3) is 0 Å². The molecular formula is C20H16CuNO+. The summed E-state index contributed by atoms with van der Waals surface area (Å²) in [4.78, 5) is 3.57. The van der Waals surface area contributed by atoms with Crippen molar-refractivity contribution in [1.82, 2.24) is 0 Å². The smallest absolute Gasteiger partial charge is 0.216 e. The molecule has 0 saturated heterocycles. The maximum atomic E-state index is 9.55. The van der Waals surface area contributed by atoms with Gasteiger partial charge in [-0.3, -0.25) is 0 Å². The Kier molecular flexibility index (Phi) is 4.33. The van der Waals surface area contributed by atoms with E-state index < -0.39 is 0 Å². The third-order valence-corrected chi connectivity index (χ3v) is 4.12. The van der Waals surface area contributed by atoms with Gasteiger partial charge >= 0.3 is 0 Å². The predicted octanol–water partition coefficient (Wildman–Crippen LogP) is 2.54. The number of hydrogen-bond donors (Lipinski definition) is 2. The second-order valence-corrected chi connectivity index (χ2v) is 5.50. The number of fused-ring (bicyclic) bond motifs is 1. The fourth-order valence-electron chi connectivity index (χ4n) is 3.08. The van der Waals surface area contributed by atoms with Gasteiger partial charge in [-0.15, -0.1) is 0 Å². The summed E-state index contributed by atoms with van der Waals surface area (Å²) in [6.07, 6.45) is 8.48. The van der Waals surface area contributed by atoms with E-state index in [1.807, 2.05) is 18.2 Å². The Hall–Kier alpha value is -2.35. The molecule has 3 heteroatoms. The summed E-state index contributed by atoms with van der Waals surface area (Å²) in [5.41, 5.74) is 5.90. The SMILES string of the molecule is Oc1ccc(C2=C(c3ccccc3)[NH+]=C3C=CC=C[C@H]32)cc1.[Cu]. The minimum absolute atomic E-state index is 0. The van der Waals surface area contributed by atoms with Crippen LogP contribution in [-0.2, 0) is 17.1 Å². The first-order valence-electron chi connectivity index (χ1n) is 7.41. The van der Waals surface area contributed by atoms with E-state index in [9.17, 15) is 5.11 Å². The fraction of sp³-hybridized carbons (Fsp3) is 0.0500. The van der Waals surface area contributed by atoms with Gasteiger partial charge in [-0.1, -0.05) is 48.6 Å². The van der Waals surface area contributed by atoms with E-state index in [1.54, 1.807) is 12.1 Å². The molecule has 0 bridgehead atoms. The monoisotopic (exact) mass is 349 g/mol. The maximum absolute atomic E-state index is 9.55. The number of rotatable bonds is 2. The van der Waals surface area contributed by atoms with Crippen molar-refractivity contribution in [2.75, 3.05) is 0 Å². The van der Waals surface area contributed by atoms with E-state index in [0.29, 0.717) is 5.75 Å². The summed E-state index contributed by atoms with van der Waals surface area (Å²) in [5, 5.41) is 9.55. The summed E-state index contributed by atoms with van der Waals surface area (Å²) in [6.45, 7) is 0. The van der Waals surface area contributed by atoms with E-state index in [0.717, 1.165) is 11.3 Å². The van der Waals surface area contributed by atoms with Crippen LogP contribution in [0, 0.1) is 5.92 Å². The molecule has 1 aliphatic carbocycles. The molecule has 2 nitrogen and oxygen atoms in total. The molecule has 0 aromatic heterocycles. The van der Waals surface area contributed by atoms with E-state index in [1.165, 1.54) is 16.8 Å². The van der Waals surface area contributed by atoms with Crippen molar-refractivity contribution in [3.8, 4) is 5.75 Å². The van der Waals surface area contributed by atoms with Crippen molar-refractivity contribution in [2.45, 2.75) is 0 Å². The second kappa shape index (κ2) is 6.41. The number of phenols is 1. The number of allylic oxidation sites excluding steroid dienone is 5. The van der Waals surface area contributed by atoms with Gasteiger partial charge in [0.1, 0.15) is 5.75 Å². The zero-order valence-electron chi connectivity index (χ0n) is 12.3. The third-order valence-electron chi connectivity index (χ3n) is 4.12. The topological polar surface area (TPSA) is 34.2 Å². The second-order valence-electron chi connectivity index (χ2n) is 5.50. The van der Waals surface area contributed by atoms with Crippen molar-refractivity contribution in [2.24, 2.45) is 5.92 Å². The largest absolute Gasteiger partial charge is 0.508 e. The van der Waals surface area contributed by atoms with Crippen LogP contribution in [0.15, 0.2) is 78.9 Å². The maximum Gasteiger partial charge on any atom is 0.216 e. The number of aromatic hydroxyl groups is 1. The Balaban J connectivity index is 0.00000156. The molecule has 4 rings (SSSR count). The van der Waals surface area contributed by atoms with Crippen LogP contribution in [0.1, 0.15) is 11.1 Å². The van der Waals surface area contributed by atoms with Gasteiger partial charge < -0.3 is 5.11 Å². The number of hydrogen-bond acceptors (Lipinski definition) is 1. The van der Waals surface area contributed by atoms with Crippen LogP contribution < -0.4 is 4.99 Å². The van der Waals surface area contributed by atoms with Crippen LogP contribution in [0.4, 0.5) is 0 Å². The molecule has 1 atom stereocenters. The average molecular weight is 350 g/mol. The Labute approximate surface area is 146 Å². The molecule has 2 aromatic carbocycles. The molecule has 2 N–H and O–H groups in total. The minimum Gasteiger partial charge on any atom is -0.508 e. The zero-order chi connectivity index (χ0) is 14.9. The van der Waals surface area contributed by atoms with Crippen LogP contribution in [-0.4, -0.2) is 10.8 Å². The van der Waals surface area contributed by atoms with Crippen LogP contribution in [0.25, 0.3) is 11.3 Å². The van der Waals surface area contributed by atoms with Gasteiger partial charge in [-0.2, -0.15) is 0 Å². The van der Waals surface area contributed by atoms with E-state index >= 15 is 0 Å². The summed E-state index contributed by atoms with van der Waals surface area (Å²) in [7, 11) is 0. The quantitative estimate of drug-likeness (QED) is 0.803. The summed E-state index contributed by atoms with van der Waals surface area (Å²) in [5.74, 6) is 0.532. The van der Waals surface area contributed by atoms with Crippen molar-refractivity contribution in [3.05, 3.63) is 90.0 Å². The Bertz CT molecular complexity index is 830. The molecule has 2 aliphatic rings. The minimum atomic E-state index is 0. The number of nitrogens with one attached hydrogen (secondary N) is 1. The van der Waals surface area contributed by atoms with Gasteiger partial charge in [0, 0.05) is 34.3 Å². The first kappa shape index (κ1) is 15.5. The van der Waals surface area contributed by atoms with Gasteiger partial charge in [-0.05, 0) is 29.8 Å². The summed E-state index contributed by atoms with van der Waals surface area (Å²) < 4.78 is 0. The van der Waals surface area contributed by atoms with E-state index in [-0.39, 0.29) is 23.0 Å². The number of benzene rings is 2. The van der Waals surface area contributed by atoms with Crippen molar-refractivity contribution in [3.63, 3.8) is 0 Å². The van der Waals surface area contributed by atoms with Gasteiger partial charge in [0.15, 0.2) is 5.71 Å². The molecule has 1 aliphatic heterocycles. The average Bonchev–Trinajstić information content (AvgIpc) is 2.96. The molecule has 0 spiro atoms. The first-order valence-corrected chi connectivity index (χ1v) is 7.41. The fourth-order valence-corrected chi connectivity index (χ4v) is 3.08. The molecule has 23 heavy (non-hydrogen) atoms. The predicted molar refractivity (Wildman–Crippen MR) is 89.1 cm³/mol. The Morgan fingerprint density at radius 1 is 0.826 bits per heavy atom. The van der Waals surface area contributed by atoms with Crippen molar-refractivity contribution < 1.29 is 27.2 Å². The molecule has 1 radical (unpaired) electrons. The van der Waals surface area contributed by atoms with Crippen LogP contribution in [0.5, 0.6) is 5.75 Å². The molecular weight excluding hydrogens is 334 g/mol. The van der Waals surface area contributed by atoms with Crippen molar-refractivity contribution >= 4 is 17.0 Å². The molecule has 0 fully saturated rings. The van der Waals surface area contributed by atoms with Gasteiger partial charge in [0.05, 0.1) is 5.92 Å².